The van der Waals surface area contributed by atoms with Crippen LogP contribution in [0.2, 0.25) is 10.0 Å². The van der Waals surface area contributed by atoms with Crippen LogP contribution < -0.4 is 4.72 Å². The van der Waals surface area contributed by atoms with Crippen molar-refractivity contribution in [3.05, 3.63) is 44.5 Å². The third kappa shape index (κ3) is 4.12. The molecule has 1 aromatic heterocycles. The van der Waals surface area contributed by atoms with Crippen molar-refractivity contribution in [1.29, 1.82) is 0 Å². The number of benzene rings is 1. The molecule has 0 saturated heterocycles. The largest absolute Gasteiger partial charge is 0.265 e. The molecule has 0 amide bonds. The predicted octanol–water partition coefficient (Wildman–Crippen LogP) is 3.37. The van der Waals surface area contributed by atoms with Gasteiger partial charge in [0, 0.05) is 6.20 Å². The summed E-state index contributed by atoms with van der Waals surface area (Å²) in [6.45, 7) is 0.445. The molecule has 1 aromatic carbocycles. The van der Waals surface area contributed by atoms with Crippen molar-refractivity contribution in [3.63, 3.8) is 0 Å². The van der Waals surface area contributed by atoms with Gasteiger partial charge >= 0.3 is 0 Å². The average Bonchev–Trinajstić information content (AvgIpc) is 2.62. The van der Waals surface area contributed by atoms with E-state index in [0.29, 0.717) is 21.1 Å². The van der Waals surface area contributed by atoms with Crippen molar-refractivity contribution < 1.29 is 8.42 Å². The average molecular weight is 399 g/mol. The monoisotopic (exact) mass is 397 g/mol. The Kier molecular flexibility index (Phi) is 4.63. The van der Waals surface area contributed by atoms with Crippen molar-refractivity contribution in [2.45, 2.75) is 6.54 Å². The van der Waals surface area contributed by atoms with E-state index in [1.807, 2.05) is 6.07 Å². The number of rotatable bonds is 4. The van der Waals surface area contributed by atoms with Crippen molar-refractivity contribution in [3.8, 4) is 0 Å². The summed E-state index contributed by atoms with van der Waals surface area (Å²) in [5.74, 6) is 0.243. The zero-order valence-electron chi connectivity index (χ0n) is 10.3. The van der Waals surface area contributed by atoms with Gasteiger partial charge in [0.1, 0.15) is 0 Å². The van der Waals surface area contributed by atoms with Crippen molar-refractivity contribution in [1.82, 2.24) is 9.78 Å². The second kappa shape index (κ2) is 5.93. The zero-order valence-corrected chi connectivity index (χ0v) is 14.2. The molecule has 0 radical (unpaired) electrons. The van der Waals surface area contributed by atoms with Crippen LogP contribution in [0.15, 0.2) is 28.9 Å². The van der Waals surface area contributed by atoms with E-state index in [2.05, 4.69) is 25.8 Å². The van der Waals surface area contributed by atoms with Crippen molar-refractivity contribution >= 4 is 55.0 Å². The normalized spacial score (nSPS) is 11.6. The number of sulfonamides is 1. The van der Waals surface area contributed by atoms with Gasteiger partial charge in [-0.25, -0.2) is 8.42 Å². The van der Waals surface area contributed by atoms with E-state index < -0.39 is 10.0 Å². The van der Waals surface area contributed by atoms with Crippen LogP contribution in [0.1, 0.15) is 5.56 Å². The van der Waals surface area contributed by atoms with Gasteiger partial charge in [-0.3, -0.25) is 9.40 Å². The first-order chi connectivity index (χ1) is 9.24. The Morgan fingerprint density at radius 2 is 2.05 bits per heavy atom. The number of anilines is 1. The highest BCUT2D eigenvalue weighted by atomic mass is 79.9. The Morgan fingerprint density at radius 1 is 1.35 bits per heavy atom. The molecule has 1 heterocycles. The second-order valence-corrected chi connectivity index (χ2v) is 7.56. The lowest BCUT2D eigenvalue weighted by atomic mass is 10.2. The van der Waals surface area contributed by atoms with E-state index in [4.69, 9.17) is 23.2 Å². The molecular formula is C11H10BrCl2N3O2S. The third-order valence-corrected chi connectivity index (χ3v) is 4.21. The lowest BCUT2D eigenvalue weighted by molar-refractivity contribution is 0.606. The first kappa shape index (κ1) is 15.6. The van der Waals surface area contributed by atoms with Crippen LogP contribution >= 0.6 is 39.1 Å². The molecule has 108 valence electrons. The Bertz CT molecular complexity index is 746. The first-order valence-electron chi connectivity index (χ1n) is 5.39. The number of nitrogens with one attached hydrogen (secondary N) is 1. The second-order valence-electron chi connectivity index (χ2n) is 4.15. The van der Waals surface area contributed by atoms with E-state index in [0.717, 1.165) is 11.8 Å². The maximum absolute atomic E-state index is 11.2. The van der Waals surface area contributed by atoms with Crippen LogP contribution in [-0.2, 0) is 16.6 Å². The quantitative estimate of drug-likeness (QED) is 0.858. The fourth-order valence-electron chi connectivity index (χ4n) is 1.55. The summed E-state index contributed by atoms with van der Waals surface area (Å²) >= 11 is 15.0. The molecule has 0 bridgehead atoms. The fourth-order valence-corrected chi connectivity index (χ4v) is 2.92. The van der Waals surface area contributed by atoms with Gasteiger partial charge in [-0.1, -0.05) is 29.3 Å². The molecule has 0 fully saturated rings. The van der Waals surface area contributed by atoms with Gasteiger partial charge in [-0.2, -0.15) is 5.10 Å². The Hall–Kier alpha value is -0.760. The molecule has 0 atom stereocenters. The van der Waals surface area contributed by atoms with Crippen LogP contribution in [0, 0.1) is 0 Å². The zero-order chi connectivity index (χ0) is 14.9. The van der Waals surface area contributed by atoms with Crippen molar-refractivity contribution in [2.24, 2.45) is 0 Å². The van der Waals surface area contributed by atoms with Crippen LogP contribution in [0.25, 0.3) is 0 Å². The summed E-state index contributed by atoms with van der Waals surface area (Å²) in [6, 6.07) is 5.27. The fraction of sp³-hybridized carbons (Fsp3) is 0.182. The molecule has 0 unspecified atom stereocenters. The molecule has 1 N–H and O–H groups in total. The summed E-state index contributed by atoms with van der Waals surface area (Å²) in [7, 11) is -3.37. The molecule has 0 aliphatic heterocycles. The molecule has 0 saturated carbocycles. The topological polar surface area (TPSA) is 64.0 Å². The summed E-state index contributed by atoms with van der Waals surface area (Å²) in [5.41, 5.74) is 0.903. The van der Waals surface area contributed by atoms with Crippen LogP contribution in [0.3, 0.4) is 0 Å². The molecule has 0 spiro atoms. The Balaban J connectivity index is 2.22. The highest BCUT2D eigenvalue weighted by Crippen LogP contribution is 2.24. The molecule has 0 aliphatic rings. The predicted molar refractivity (Wildman–Crippen MR) is 84.0 cm³/mol. The number of hydrogen-bond acceptors (Lipinski definition) is 3. The third-order valence-electron chi connectivity index (χ3n) is 2.33. The summed E-state index contributed by atoms with van der Waals surface area (Å²) in [5, 5.41) is 5.09. The molecule has 2 aromatic rings. The lowest BCUT2D eigenvalue weighted by Crippen LogP contribution is -2.11. The van der Waals surface area contributed by atoms with Crippen molar-refractivity contribution in [2.75, 3.05) is 11.0 Å². The molecule has 5 nitrogen and oxygen atoms in total. The molecular weight excluding hydrogens is 389 g/mol. The van der Waals surface area contributed by atoms with Gasteiger partial charge in [-0.05, 0) is 33.6 Å². The first-order valence-corrected chi connectivity index (χ1v) is 8.83. The van der Waals surface area contributed by atoms with E-state index in [-0.39, 0.29) is 5.82 Å². The molecule has 20 heavy (non-hydrogen) atoms. The number of halogens is 3. The summed E-state index contributed by atoms with van der Waals surface area (Å²) < 4.78 is 26.9. The lowest BCUT2D eigenvalue weighted by Gasteiger charge is -2.04. The number of aromatic nitrogens is 2. The van der Waals surface area contributed by atoms with E-state index in [9.17, 15) is 8.42 Å². The minimum Gasteiger partial charge on any atom is -0.265 e. The summed E-state index contributed by atoms with van der Waals surface area (Å²) in [4.78, 5) is 0. The molecule has 9 heteroatoms. The van der Waals surface area contributed by atoms with Gasteiger partial charge in [0.2, 0.25) is 10.0 Å². The highest BCUT2D eigenvalue weighted by Gasteiger charge is 2.11. The van der Waals surface area contributed by atoms with Crippen LogP contribution in [0.4, 0.5) is 5.82 Å². The highest BCUT2D eigenvalue weighted by molar-refractivity contribution is 9.10. The minimum absolute atomic E-state index is 0.243. The van der Waals surface area contributed by atoms with Gasteiger partial charge < -0.3 is 0 Å². The van der Waals surface area contributed by atoms with E-state index >= 15 is 0 Å². The smallest absolute Gasteiger partial charge is 0.231 e. The van der Waals surface area contributed by atoms with Gasteiger partial charge in [0.15, 0.2) is 5.82 Å². The Morgan fingerprint density at radius 3 is 2.65 bits per heavy atom. The molecule has 0 aliphatic carbocycles. The number of hydrogen-bond donors (Lipinski definition) is 1. The minimum atomic E-state index is -3.37. The number of nitrogens with zero attached hydrogens (tertiary/aromatic N) is 2. The maximum Gasteiger partial charge on any atom is 0.231 e. The van der Waals surface area contributed by atoms with Crippen LogP contribution in [0.5, 0.6) is 0 Å². The van der Waals surface area contributed by atoms with E-state index in [1.165, 1.54) is 0 Å². The van der Waals surface area contributed by atoms with E-state index in [1.54, 1.807) is 23.0 Å². The summed E-state index contributed by atoms with van der Waals surface area (Å²) in [6.07, 6.45) is 2.74. The van der Waals surface area contributed by atoms with Gasteiger partial charge in [-0.15, -0.1) is 0 Å². The van der Waals surface area contributed by atoms with Gasteiger partial charge in [0.25, 0.3) is 0 Å². The Labute approximate surface area is 135 Å². The van der Waals surface area contributed by atoms with Gasteiger partial charge in [0.05, 0.1) is 27.3 Å². The SMILES string of the molecule is CS(=O)(=O)Nc1nn(Cc2ccc(Cl)c(Cl)c2)cc1Br. The standard InChI is InChI=1S/C11H10BrCl2N3O2S/c1-20(18,19)16-11-8(12)6-17(15-11)5-7-2-3-9(13)10(14)4-7/h2-4,6H,5H2,1H3,(H,15,16). The molecule has 2 rings (SSSR count). The maximum atomic E-state index is 11.2. The van der Waals surface area contributed by atoms with Crippen LogP contribution in [-0.4, -0.2) is 24.5 Å².